The number of ether oxygens (including phenoxy) is 1. The molecule has 0 unspecified atom stereocenters. The molecule has 0 spiro atoms. The number of amides is 1. The number of carbonyl (C=O) groups is 1. The Morgan fingerprint density at radius 2 is 2.17 bits per heavy atom. The van der Waals surface area contributed by atoms with Gasteiger partial charge in [0.15, 0.2) is 0 Å². The zero-order chi connectivity index (χ0) is 12.4. The molecule has 3 rings (SSSR count). The van der Waals surface area contributed by atoms with Crippen LogP contribution >= 0.6 is 0 Å². The number of fused-ring (bicyclic) bond motifs is 1. The number of alkyl carbamates (subject to hydrolysis) is 1. The molecule has 1 aromatic rings. The van der Waals surface area contributed by atoms with Crippen molar-refractivity contribution in [3.63, 3.8) is 0 Å². The Balaban J connectivity index is 1.61. The Kier molecular flexibility index (Phi) is 3.19. The van der Waals surface area contributed by atoms with Crippen LogP contribution in [-0.4, -0.2) is 36.7 Å². The fourth-order valence-electron chi connectivity index (χ4n) is 2.77. The van der Waals surface area contributed by atoms with Gasteiger partial charge in [0.25, 0.3) is 0 Å². The number of likely N-dealkylation sites (tertiary alicyclic amines) is 1. The monoisotopic (exact) mass is 246 g/mol. The molecular formula is C14H18N2O2. The van der Waals surface area contributed by atoms with Gasteiger partial charge in [-0.05, 0) is 18.5 Å². The van der Waals surface area contributed by atoms with Crippen LogP contribution in [0.1, 0.15) is 12.0 Å². The van der Waals surface area contributed by atoms with E-state index in [4.69, 9.17) is 4.74 Å². The Bertz CT molecular complexity index is 421. The lowest BCUT2D eigenvalue weighted by molar-refractivity contribution is -0.0170. The zero-order valence-corrected chi connectivity index (χ0v) is 10.3. The molecule has 2 atom stereocenters. The number of carbonyl (C=O) groups excluding carboxylic acids is 1. The van der Waals surface area contributed by atoms with Crippen LogP contribution in [0.15, 0.2) is 30.3 Å². The topological polar surface area (TPSA) is 41.6 Å². The lowest BCUT2D eigenvalue weighted by Crippen LogP contribution is -2.53. The van der Waals surface area contributed by atoms with Gasteiger partial charge in [0, 0.05) is 25.6 Å². The van der Waals surface area contributed by atoms with E-state index in [1.807, 2.05) is 6.07 Å². The van der Waals surface area contributed by atoms with Crippen molar-refractivity contribution in [3.8, 4) is 0 Å². The maximum Gasteiger partial charge on any atom is 0.407 e. The van der Waals surface area contributed by atoms with Crippen LogP contribution in [-0.2, 0) is 11.3 Å². The zero-order valence-electron chi connectivity index (χ0n) is 10.3. The summed E-state index contributed by atoms with van der Waals surface area (Å²) in [5, 5.41) is 2.77. The number of nitrogens with one attached hydrogen (secondary N) is 1. The molecule has 18 heavy (non-hydrogen) atoms. The van der Waals surface area contributed by atoms with E-state index >= 15 is 0 Å². The lowest BCUT2D eigenvalue weighted by atomic mass is 9.92. The van der Waals surface area contributed by atoms with Crippen LogP contribution in [0.25, 0.3) is 0 Å². The summed E-state index contributed by atoms with van der Waals surface area (Å²) < 4.78 is 5.37. The highest BCUT2D eigenvalue weighted by Gasteiger charge is 2.35. The molecule has 0 radical (unpaired) electrons. The highest BCUT2D eigenvalue weighted by molar-refractivity contribution is 5.68. The minimum Gasteiger partial charge on any atom is -0.445 e. The molecule has 1 aromatic carbocycles. The van der Waals surface area contributed by atoms with Crippen molar-refractivity contribution >= 4 is 6.09 Å². The highest BCUT2D eigenvalue weighted by atomic mass is 16.6. The predicted octanol–water partition coefficient (Wildman–Crippen LogP) is 1.62. The van der Waals surface area contributed by atoms with E-state index < -0.39 is 0 Å². The Labute approximate surface area is 107 Å². The van der Waals surface area contributed by atoms with Crippen molar-refractivity contribution in [3.05, 3.63) is 35.9 Å². The molecule has 2 aliphatic rings. The van der Waals surface area contributed by atoms with Gasteiger partial charge in [-0.25, -0.2) is 4.79 Å². The third kappa shape index (κ3) is 2.48. The largest absolute Gasteiger partial charge is 0.445 e. The molecule has 96 valence electrons. The number of benzene rings is 1. The molecule has 2 fully saturated rings. The van der Waals surface area contributed by atoms with Gasteiger partial charge in [-0.3, -0.25) is 4.90 Å². The molecule has 1 amide bonds. The molecule has 0 aliphatic carbocycles. The average Bonchev–Trinajstić information content (AvgIpc) is 2.39. The number of hydrogen-bond acceptors (Lipinski definition) is 3. The molecule has 0 aromatic heterocycles. The van der Waals surface area contributed by atoms with Gasteiger partial charge in [0.05, 0.1) is 0 Å². The standard InChI is InChI=1S/C14H18N2O2/c17-14-15-8-12-6-7-16(10-13(12)18-14)9-11-4-2-1-3-5-11/h1-5,12-13H,6-10H2,(H,15,17)/t12-,13+/m0/s1. The van der Waals surface area contributed by atoms with Gasteiger partial charge in [-0.1, -0.05) is 30.3 Å². The Hall–Kier alpha value is -1.55. The minimum absolute atomic E-state index is 0.0659. The summed E-state index contributed by atoms with van der Waals surface area (Å²) in [6.45, 7) is 3.64. The smallest absolute Gasteiger partial charge is 0.407 e. The van der Waals surface area contributed by atoms with Crippen molar-refractivity contribution < 1.29 is 9.53 Å². The van der Waals surface area contributed by atoms with Crippen molar-refractivity contribution in [2.75, 3.05) is 19.6 Å². The molecule has 4 heteroatoms. The van der Waals surface area contributed by atoms with Gasteiger partial charge < -0.3 is 10.1 Å². The van der Waals surface area contributed by atoms with Crippen molar-refractivity contribution in [2.45, 2.75) is 19.1 Å². The first kappa shape index (κ1) is 11.5. The summed E-state index contributed by atoms with van der Waals surface area (Å²) >= 11 is 0. The Morgan fingerprint density at radius 1 is 1.33 bits per heavy atom. The van der Waals surface area contributed by atoms with Gasteiger partial charge >= 0.3 is 6.09 Å². The van der Waals surface area contributed by atoms with Crippen LogP contribution in [0.4, 0.5) is 4.79 Å². The van der Waals surface area contributed by atoms with E-state index in [-0.39, 0.29) is 12.2 Å². The summed E-state index contributed by atoms with van der Waals surface area (Å²) in [5.41, 5.74) is 1.32. The Morgan fingerprint density at radius 3 is 3.00 bits per heavy atom. The second-order valence-electron chi connectivity index (χ2n) is 5.09. The normalized spacial score (nSPS) is 28.1. The van der Waals surface area contributed by atoms with Crippen molar-refractivity contribution in [1.29, 1.82) is 0 Å². The van der Waals surface area contributed by atoms with Crippen LogP contribution in [0.5, 0.6) is 0 Å². The van der Waals surface area contributed by atoms with Crippen molar-refractivity contribution in [2.24, 2.45) is 5.92 Å². The molecule has 2 heterocycles. The predicted molar refractivity (Wildman–Crippen MR) is 68.1 cm³/mol. The summed E-state index contributed by atoms with van der Waals surface area (Å²) in [4.78, 5) is 13.6. The molecule has 1 N–H and O–H groups in total. The SMILES string of the molecule is O=C1NC[C@@H]2CCN(Cc3ccccc3)C[C@H]2O1. The first-order chi connectivity index (χ1) is 8.81. The van der Waals surface area contributed by atoms with Crippen LogP contribution in [0.3, 0.4) is 0 Å². The molecule has 0 saturated carbocycles. The second kappa shape index (κ2) is 4.98. The molecule has 4 nitrogen and oxygen atoms in total. The molecule has 2 aliphatic heterocycles. The summed E-state index contributed by atoms with van der Waals surface area (Å²) in [5.74, 6) is 0.481. The molecule has 2 saturated heterocycles. The quantitative estimate of drug-likeness (QED) is 0.862. The number of nitrogens with zero attached hydrogens (tertiary/aromatic N) is 1. The highest BCUT2D eigenvalue weighted by Crippen LogP contribution is 2.23. The van der Waals surface area contributed by atoms with E-state index in [2.05, 4.69) is 34.5 Å². The van der Waals surface area contributed by atoms with E-state index in [1.54, 1.807) is 0 Å². The maximum absolute atomic E-state index is 11.2. The van der Waals surface area contributed by atoms with Gasteiger partial charge in [0.1, 0.15) is 6.10 Å². The molecular weight excluding hydrogens is 228 g/mol. The van der Waals surface area contributed by atoms with Gasteiger partial charge in [0.2, 0.25) is 0 Å². The number of rotatable bonds is 2. The first-order valence-electron chi connectivity index (χ1n) is 6.52. The maximum atomic E-state index is 11.2. The second-order valence-corrected chi connectivity index (χ2v) is 5.09. The number of piperidine rings is 1. The van der Waals surface area contributed by atoms with E-state index in [0.29, 0.717) is 5.92 Å². The average molecular weight is 246 g/mol. The lowest BCUT2D eigenvalue weighted by Gasteiger charge is -2.40. The fraction of sp³-hybridized carbons (Fsp3) is 0.500. The minimum atomic E-state index is -0.266. The molecule has 0 bridgehead atoms. The summed E-state index contributed by atoms with van der Waals surface area (Å²) in [6.07, 6.45) is 0.895. The van der Waals surface area contributed by atoms with E-state index in [1.165, 1.54) is 5.56 Å². The van der Waals surface area contributed by atoms with Gasteiger partial charge in [-0.2, -0.15) is 0 Å². The van der Waals surface area contributed by atoms with Crippen LogP contribution in [0.2, 0.25) is 0 Å². The van der Waals surface area contributed by atoms with Crippen LogP contribution < -0.4 is 5.32 Å². The number of hydrogen-bond donors (Lipinski definition) is 1. The van der Waals surface area contributed by atoms with E-state index in [9.17, 15) is 4.79 Å². The summed E-state index contributed by atoms with van der Waals surface area (Å²) in [6, 6.07) is 10.4. The third-order valence-corrected chi connectivity index (χ3v) is 3.80. The fourth-order valence-corrected chi connectivity index (χ4v) is 2.77. The van der Waals surface area contributed by atoms with Gasteiger partial charge in [-0.15, -0.1) is 0 Å². The first-order valence-corrected chi connectivity index (χ1v) is 6.52. The van der Waals surface area contributed by atoms with E-state index in [0.717, 1.165) is 32.6 Å². The van der Waals surface area contributed by atoms with Crippen molar-refractivity contribution in [1.82, 2.24) is 10.2 Å². The summed E-state index contributed by atoms with van der Waals surface area (Å²) in [7, 11) is 0. The van der Waals surface area contributed by atoms with Crippen LogP contribution in [0, 0.1) is 5.92 Å². The third-order valence-electron chi connectivity index (χ3n) is 3.80.